The highest BCUT2D eigenvalue weighted by Crippen LogP contribution is 2.43. The number of anilines is 1. The summed E-state index contributed by atoms with van der Waals surface area (Å²) in [4.78, 5) is 14.4. The molecule has 0 spiro atoms. The number of amides is 1. The molecule has 1 aliphatic heterocycles. The minimum absolute atomic E-state index is 0.0410. The van der Waals surface area contributed by atoms with Gasteiger partial charge in [0.2, 0.25) is 10.0 Å². The Morgan fingerprint density at radius 2 is 1.82 bits per heavy atom. The van der Waals surface area contributed by atoms with Crippen LogP contribution in [0.2, 0.25) is 0 Å². The zero-order chi connectivity index (χ0) is 28.1. The smallest absolute Gasteiger partial charge is 0.406 e. The first-order valence-electron chi connectivity index (χ1n) is 11.2. The largest absolute Gasteiger partial charge is 0.573 e. The number of nitrogens with two attached hydrogens (primary N) is 1. The molecule has 0 aromatic heterocycles. The van der Waals surface area contributed by atoms with E-state index in [-0.39, 0.29) is 31.0 Å². The van der Waals surface area contributed by atoms with E-state index >= 15 is 0 Å². The third-order valence-corrected chi connectivity index (χ3v) is 8.57. The lowest BCUT2D eigenvalue weighted by Gasteiger charge is -2.37. The first-order chi connectivity index (χ1) is 17.9. The van der Waals surface area contributed by atoms with Crippen molar-refractivity contribution in [1.82, 2.24) is 4.31 Å². The molecule has 2 aromatic rings. The summed E-state index contributed by atoms with van der Waals surface area (Å²) in [5, 5.41) is 9.19. The van der Waals surface area contributed by atoms with Crippen LogP contribution in [0.3, 0.4) is 0 Å². The van der Waals surface area contributed by atoms with Gasteiger partial charge in [-0.2, -0.15) is 5.26 Å². The first kappa shape index (κ1) is 29.2. The van der Waals surface area contributed by atoms with E-state index < -0.39 is 33.5 Å². The van der Waals surface area contributed by atoms with Crippen molar-refractivity contribution in [3.8, 4) is 11.8 Å². The number of hydrogen-bond acceptors (Lipinski definition) is 8. The van der Waals surface area contributed by atoms with E-state index in [1.165, 1.54) is 19.2 Å². The maximum atomic E-state index is 13.5. The van der Waals surface area contributed by atoms with Crippen LogP contribution >= 0.6 is 11.8 Å². The minimum Gasteiger partial charge on any atom is -0.406 e. The third kappa shape index (κ3) is 7.12. The van der Waals surface area contributed by atoms with Crippen LogP contribution in [0.5, 0.6) is 5.75 Å². The highest BCUT2D eigenvalue weighted by atomic mass is 32.2. The number of halogens is 3. The molecule has 1 aliphatic rings. The van der Waals surface area contributed by atoms with Gasteiger partial charge >= 0.3 is 6.36 Å². The molecular formula is C24H25F3N4O5S2. The van der Waals surface area contributed by atoms with Gasteiger partial charge in [-0.1, -0.05) is 23.9 Å². The Morgan fingerprint density at radius 3 is 2.34 bits per heavy atom. The molecule has 204 valence electrons. The minimum atomic E-state index is -4.84. The van der Waals surface area contributed by atoms with E-state index in [0.29, 0.717) is 21.7 Å². The van der Waals surface area contributed by atoms with Crippen LogP contribution in [-0.2, 0) is 26.1 Å². The number of ether oxygens (including phenoxy) is 2. The maximum Gasteiger partial charge on any atom is 0.573 e. The molecule has 1 amide bonds. The predicted octanol–water partition coefficient (Wildman–Crippen LogP) is 3.88. The molecule has 38 heavy (non-hydrogen) atoms. The van der Waals surface area contributed by atoms with Gasteiger partial charge in [0.15, 0.2) is 5.50 Å². The summed E-state index contributed by atoms with van der Waals surface area (Å²) >= 11 is 1.10. The van der Waals surface area contributed by atoms with Crippen molar-refractivity contribution < 1.29 is 35.9 Å². The molecule has 0 radical (unpaired) electrons. The average molecular weight is 571 g/mol. The number of methoxy groups -OCH3 is 1. The second kappa shape index (κ2) is 12.0. The number of sulfonamides is 1. The number of alkyl halides is 3. The molecule has 0 fully saturated rings. The third-order valence-electron chi connectivity index (χ3n) is 5.43. The molecule has 0 saturated heterocycles. The molecule has 2 N–H and O–H groups in total. The van der Waals surface area contributed by atoms with Crippen LogP contribution < -0.4 is 15.4 Å². The SMILES string of the molecule is COCCCS(=O)(=O)N1C(C(N)=O)=C(C)SC1N(Cc1ccc(OC(F)(F)F)cc1)c1ccc(C#N)cc1. The molecule has 0 bridgehead atoms. The summed E-state index contributed by atoms with van der Waals surface area (Å²) in [6, 6.07) is 13.5. The van der Waals surface area contributed by atoms with Crippen molar-refractivity contribution in [1.29, 1.82) is 5.26 Å². The topological polar surface area (TPSA) is 126 Å². The van der Waals surface area contributed by atoms with Gasteiger partial charge in [-0.25, -0.2) is 12.7 Å². The Balaban J connectivity index is 2.04. The van der Waals surface area contributed by atoms with Crippen LogP contribution in [-0.4, -0.2) is 50.0 Å². The Morgan fingerprint density at radius 1 is 1.18 bits per heavy atom. The van der Waals surface area contributed by atoms with Crippen LogP contribution in [0.15, 0.2) is 59.1 Å². The molecule has 1 atom stereocenters. The number of benzene rings is 2. The summed E-state index contributed by atoms with van der Waals surface area (Å²) in [5.41, 5.74) is 5.86. The lowest BCUT2D eigenvalue weighted by molar-refractivity contribution is -0.274. The van der Waals surface area contributed by atoms with Gasteiger partial charge in [0.1, 0.15) is 11.4 Å². The summed E-state index contributed by atoms with van der Waals surface area (Å²) in [6.07, 6.45) is -4.67. The van der Waals surface area contributed by atoms with Crippen molar-refractivity contribution in [3.63, 3.8) is 0 Å². The monoisotopic (exact) mass is 570 g/mol. The van der Waals surface area contributed by atoms with Crippen molar-refractivity contribution in [2.45, 2.75) is 31.7 Å². The van der Waals surface area contributed by atoms with Crippen molar-refractivity contribution in [3.05, 3.63) is 70.3 Å². The second-order valence-electron chi connectivity index (χ2n) is 8.15. The van der Waals surface area contributed by atoms with E-state index in [9.17, 15) is 31.6 Å². The highest BCUT2D eigenvalue weighted by molar-refractivity contribution is 8.04. The summed E-state index contributed by atoms with van der Waals surface area (Å²) in [5.74, 6) is -1.63. The number of allylic oxidation sites excluding steroid dienone is 1. The second-order valence-corrected chi connectivity index (χ2v) is 11.4. The average Bonchev–Trinajstić information content (AvgIpc) is 3.21. The highest BCUT2D eigenvalue weighted by Gasteiger charge is 2.44. The van der Waals surface area contributed by atoms with Crippen LogP contribution in [0.25, 0.3) is 0 Å². The van der Waals surface area contributed by atoms with E-state index in [0.717, 1.165) is 28.2 Å². The number of nitriles is 1. The van der Waals surface area contributed by atoms with Gasteiger partial charge in [0, 0.05) is 30.9 Å². The molecule has 0 aliphatic carbocycles. The van der Waals surface area contributed by atoms with Crippen molar-refractivity contribution in [2.75, 3.05) is 24.4 Å². The number of thioether (sulfide) groups is 1. The van der Waals surface area contributed by atoms with Gasteiger partial charge in [-0.3, -0.25) is 4.79 Å². The Hall–Kier alpha value is -3.41. The Labute approximate surface area is 222 Å². The summed E-state index contributed by atoms with van der Waals surface area (Å²) in [7, 11) is -2.62. The molecule has 3 rings (SSSR count). The van der Waals surface area contributed by atoms with E-state index in [2.05, 4.69) is 4.74 Å². The van der Waals surface area contributed by atoms with Crippen LogP contribution in [0.1, 0.15) is 24.5 Å². The predicted molar refractivity (Wildman–Crippen MR) is 136 cm³/mol. The first-order valence-corrected chi connectivity index (χ1v) is 13.6. The van der Waals surface area contributed by atoms with Crippen molar-refractivity contribution >= 4 is 33.4 Å². The number of nitrogens with zero attached hydrogens (tertiary/aromatic N) is 3. The fourth-order valence-corrected chi connectivity index (χ4v) is 7.08. The zero-order valence-corrected chi connectivity index (χ0v) is 22.1. The molecule has 2 aromatic carbocycles. The number of primary amides is 1. The normalized spacial score (nSPS) is 15.9. The molecule has 1 unspecified atom stereocenters. The molecule has 9 nitrogen and oxygen atoms in total. The van der Waals surface area contributed by atoms with Crippen molar-refractivity contribution in [2.24, 2.45) is 5.73 Å². The van der Waals surface area contributed by atoms with Crippen LogP contribution in [0, 0.1) is 11.3 Å². The van der Waals surface area contributed by atoms with Gasteiger partial charge in [-0.15, -0.1) is 13.2 Å². The quantitative estimate of drug-likeness (QED) is 0.404. The van der Waals surface area contributed by atoms with Gasteiger partial charge in [0.25, 0.3) is 5.91 Å². The Bertz CT molecular complexity index is 1320. The fourth-order valence-electron chi connectivity index (χ4n) is 3.78. The summed E-state index contributed by atoms with van der Waals surface area (Å²) < 4.78 is 74.6. The lowest BCUT2D eigenvalue weighted by Crippen LogP contribution is -2.48. The van der Waals surface area contributed by atoms with Gasteiger partial charge in [-0.05, 0) is 55.3 Å². The summed E-state index contributed by atoms with van der Waals surface area (Å²) in [6.45, 7) is 1.81. The number of carbonyl (C=O) groups is 1. The molecular weight excluding hydrogens is 545 g/mol. The van der Waals surface area contributed by atoms with E-state index in [1.807, 2.05) is 6.07 Å². The van der Waals surface area contributed by atoms with Gasteiger partial charge in [0.05, 0.1) is 17.4 Å². The Kier molecular flexibility index (Phi) is 9.18. The standard InChI is InChI=1S/C24H25F3N4O5S2/c1-16-21(22(29)32)31(38(33,34)13-3-12-35-2)23(37-16)30(19-8-4-17(14-28)5-9-19)15-18-6-10-20(11-7-18)36-24(25,26)27/h4-11,23H,3,12-13,15H2,1-2H3,(H2,29,32). The molecule has 14 heteroatoms. The lowest BCUT2D eigenvalue weighted by atomic mass is 10.1. The molecule has 0 saturated carbocycles. The number of rotatable bonds is 11. The maximum absolute atomic E-state index is 13.5. The van der Waals surface area contributed by atoms with Gasteiger partial charge < -0.3 is 20.1 Å². The van der Waals surface area contributed by atoms with E-state index in [4.69, 9.17) is 10.5 Å². The van der Waals surface area contributed by atoms with E-state index in [1.54, 1.807) is 36.1 Å². The van der Waals surface area contributed by atoms with Crippen LogP contribution in [0.4, 0.5) is 18.9 Å². The fraction of sp³-hybridized carbons (Fsp3) is 0.333. The number of hydrogen-bond donors (Lipinski definition) is 1. The number of carbonyl (C=O) groups excluding carboxylic acids is 1. The molecule has 1 heterocycles. The zero-order valence-electron chi connectivity index (χ0n) is 20.4.